The van der Waals surface area contributed by atoms with Gasteiger partial charge in [0, 0.05) is 11.1 Å². The normalized spacial score (nSPS) is 10.6. The maximum absolute atomic E-state index is 13.2. The van der Waals surface area contributed by atoms with E-state index in [1.54, 1.807) is 0 Å². The van der Waals surface area contributed by atoms with Crippen LogP contribution in [0.4, 0.5) is 14.6 Å². The van der Waals surface area contributed by atoms with Gasteiger partial charge in [-0.3, -0.25) is 0 Å². The van der Waals surface area contributed by atoms with Crippen molar-refractivity contribution in [3.8, 4) is 11.3 Å². The van der Waals surface area contributed by atoms with E-state index in [0.717, 1.165) is 24.1 Å². The summed E-state index contributed by atoms with van der Waals surface area (Å²) in [4.78, 5) is 8.04. The fourth-order valence-corrected chi connectivity index (χ4v) is 1.81. The van der Waals surface area contributed by atoms with E-state index in [1.807, 2.05) is 6.92 Å². The monoisotopic (exact) mass is 249 g/mol. The molecule has 0 saturated heterocycles. The van der Waals surface area contributed by atoms with Crippen LogP contribution in [0.15, 0.2) is 24.5 Å². The van der Waals surface area contributed by atoms with Crippen molar-refractivity contribution in [2.75, 3.05) is 5.73 Å². The number of nitrogen functional groups attached to an aromatic ring is 1. The van der Waals surface area contributed by atoms with Crippen LogP contribution in [0.25, 0.3) is 11.3 Å². The molecular formula is C13H13F2N3. The largest absolute Gasteiger partial charge is 0.383 e. The van der Waals surface area contributed by atoms with Crippen LogP contribution in [0.1, 0.15) is 18.9 Å². The predicted octanol–water partition coefficient (Wildman–Crippen LogP) is 2.96. The van der Waals surface area contributed by atoms with Crippen LogP contribution in [-0.2, 0) is 6.42 Å². The molecule has 2 N–H and O–H groups in total. The molecule has 94 valence electrons. The quantitative estimate of drug-likeness (QED) is 0.909. The third kappa shape index (κ3) is 2.30. The van der Waals surface area contributed by atoms with Gasteiger partial charge in [0.2, 0.25) is 0 Å². The van der Waals surface area contributed by atoms with Crippen LogP contribution in [0, 0.1) is 11.6 Å². The molecule has 0 bridgehead atoms. The van der Waals surface area contributed by atoms with Gasteiger partial charge in [-0.25, -0.2) is 18.7 Å². The molecule has 1 heterocycles. The first-order valence-corrected chi connectivity index (χ1v) is 5.68. The highest BCUT2D eigenvalue weighted by Crippen LogP contribution is 2.26. The van der Waals surface area contributed by atoms with Gasteiger partial charge in [-0.05, 0) is 24.6 Å². The first-order chi connectivity index (χ1) is 8.63. The lowest BCUT2D eigenvalue weighted by atomic mass is 10.0. The highest BCUT2D eigenvalue weighted by Gasteiger charge is 2.12. The van der Waals surface area contributed by atoms with Crippen LogP contribution >= 0.6 is 0 Å². The highest BCUT2D eigenvalue weighted by molar-refractivity contribution is 5.67. The molecule has 0 atom stereocenters. The molecule has 1 aromatic carbocycles. The van der Waals surface area contributed by atoms with Crippen molar-refractivity contribution in [1.29, 1.82) is 0 Å². The third-order valence-electron chi connectivity index (χ3n) is 2.67. The molecule has 0 radical (unpaired) electrons. The summed E-state index contributed by atoms with van der Waals surface area (Å²) in [5.41, 5.74) is 7.63. The molecular weight excluding hydrogens is 236 g/mol. The number of anilines is 1. The fraction of sp³-hybridized carbons (Fsp3) is 0.231. The number of hydrogen-bond acceptors (Lipinski definition) is 3. The summed E-state index contributed by atoms with van der Waals surface area (Å²) in [7, 11) is 0. The molecule has 0 saturated carbocycles. The first kappa shape index (κ1) is 12.4. The Balaban J connectivity index is 2.55. The summed E-state index contributed by atoms with van der Waals surface area (Å²) in [6, 6.07) is 3.69. The van der Waals surface area contributed by atoms with Crippen molar-refractivity contribution in [3.63, 3.8) is 0 Å². The molecule has 2 rings (SSSR count). The van der Waals surface area contributed by atoms with E-state index in [-0.39, 0.29) is 0 Å². The van der Waals surface area contributed by atoms with Gasteiger partial charge < -0.3 is 5.73 Å². The lowest BCUT2D eigenvalue weighted by Crippen LogP contribution is -2.02. The number of halogens is 2. The van der Waals surface area contributed by atoms with Crippen LogP contribution in [-0.4, -0.2) is 9.97 Å². The molecule has 0 aliphatic rings. The molecule has 0 amide bonds. The van der Waals surface area contributed by atoms with Gasteiger partial charge in [0.25, 0.3) is 0 Å². The molecule has 18 heavy (non-hydrogen) atoms. The van der Waals surface area contributed by atoms with Gasteiger partial charge in [-0.15, -0.1) is 0 Å². The van der Waals surface area contributed by atoms with Gasteiger partial charge in [-0.1, -0.05) is 13.3 Å². The smallest absolute Gasteiger partial charge is 0.159 e. The SMILES string of the molecule is CCCc1c(N)ncnc1-c1ccc(F)c(F)c1. The van der Waals surface area contributed by atoms with Crippen LogP contribution < -0.4 is 5.73 Å². The van der Waals surface area contributed by atoms with Gasteiger partial charge in [0.15, 0.2) is 11.6 Å². The number of hydrogen-bond donors (Lipinski definition) is 1. The van der Waals surface area contributed by atoms with Gasteiger partial charge in [0.1, 0.15) is 12.1 Å². The zero-order chi connectivity index (χ0) is 13.1. The van der Waals surface area contributed by atoms with Crippen LogP contribution in [0.3, 0.4) is 0 Å². The number of benzene rings is 1. The standard InChI is InChI=1S/C13H13F2N3/c1-2-3-9-12(17-7-18-13(9)16)8-4-5-10(14)11(15)6-8/h4-7H,2-3H2,1H3,(H2,16,17,18). The Morgan fingerprint density at radius 1 is 1.17 bits per heavy atom. The molecule has 1 aromatic heterocycles. The Morgan fingerprint density at radius 2 is 1.94 bits per heavy atom. The van der Waals surface area contributed by atoms with Crippen molar-refractivity contribution in [2.45, 2.75) is 19.8 Å². The van der Waals surface area contributed by atoms with Crippen molar-refractivity contribution < 1.29 is 8.78 Å². The summed E-state index contributed by atoms with van der Waals surface area (Å²) in [6.07, 6.45) is 2.89. The first-order valence-electron chi connectivity index (χ1n) is 5.68. The minimum absolute atomic E-state index is 0.381. The zero-order valence-electron chi connectivity index (χ0n) is 9.95. The van der Waals surface area contributed by atoms with E-state index >= 15 is 0 Å². The summed E-state index contributed by atoms with van der Waals surface area (Å²) < 4.78 is 26.1. The summed E-state index contributed by atoms with van der Waals surface area (Å²) in [6.45, 7) is 2.00. The number of nitrogens with zero attached hydrogens (tertiary/aromatic N) is 2. The second-order valence-corrected chi connectivity index (χ2v) is 3.96. The molecule has 0 aliphatic heterocycles. The molecule has 2 aromatic rings. The maximum Gasteiger partial charge on any atom is 0.159 e. The lowest BCUT2D eigenvalue weighted by Gasteiger charge is -2.09. The summed E-state index contributed by atoms with van der Waals surface area (Å²) >= 11 is 0. The summed E-state index contributed by atoms with van der Waals surface area (Å²) in [5, 5.41) is 0. The average Bonchev–Trinajstić information content (AvgIpc) is 2.35. The van der Waals surface area contributed by atoms with E-state index in [2.05, 4.69) is 9.97 Å². The Labute approximate surface area is 104 Å². The van der Waals surface area contributed by atoms with Gasteiger partial charge in [0.05, 0.1) is 5.69 Å². The highest BCUT2D eigenvalue weighted by atomic mass is 19.2. The summed E-state index contributed by atoms with van der Waals surface area (Å²) in [5.74, 6) is -1.39. The number of rotatable bonds is 3. The van der Waals surface area contributed by atoms with Crippen molar-refractivity contribution in [1.82, 2.24) is 9.97 Å². The molecule has 0 spiro atoms. The van der Waals surface area contributed by atoms with E-state index in [9.17, 15) is 8.78 Å². The average molecular weight is 249 g/mol. The topological polar surface area (TPSA) is 51.8 Å². The minimum atomic E-state index is -0.896. The van der Waals surface area contributed by atoms with Crippen molar-refractivity contribution in [3.05, 3.63) is 41.7 Å². The Hall–Kier alpha value is -2.04. The van der Waals surface area contributed by atoms with Gasteiger partial charge in [-0.2, -0.15) is 0 Å². The van der Waals surface area contributed by atoms with Crippen molar-refractivity contribution in [2.24, 2.45) is 0 Å². The number of nitrogens with two attached hydrogens (primary N) is 1. The third-order valence-corrected chi connectivity index (χ3v) is 2.67. The van der Waals surface area contributed by atoms with Crippen molar-refractivity contribution >= 4 is 5.82 Å². The van der Waals surface area contributed by atoms with E-state index in [0.29, 0.717) is 23.5 Å². The maximum atomic E-state index is 13.2. The molecule has 0 unspecified atom stereocenters. The second-order valence-electron chi connectivity index (χ2n) is 3.96. The van der Waals surface area contributed by atoms with E-state index in [1.165, 1.54) is 12.4 Å². The number of aromatic nitrogens is 2. The van der Waals surface area contributed by atoms with Gasteiger partial charge >= 0.3 is 0 Å². The predicted molar refractivity (Wildman–Crippen MR) is 65.8 cm³/mol. The van der Waals surface area contributed by atoms with Crippen LogP contribution in [0.2, 0.25) is 0 Å². The Morgan fingerprint density at radius 3 is 2.61 bits per heavy atom. The molecule has 0 fully saturated rings. The Bertz CT molecular complexity index is 570. The zero-order valence-corrected chi connectivity index (χ0v) is 9.95. The lowest BCUT2D eigenvalue weighted by molar-refractivity contribution is 0.509. The fourth-order valence-electron chi connectivity index (χ4n) is 1.81. The second kappa shape index (κ2) is 5.08. The van der Waals surface area contributed by atoms with E-state index in [4.69, 9.17) is 5.73 Å². The Kier molecular flexibility index (Phi) is 3.50. The van der Waals surface area contributed by atoms with E-state index < -0.39 is 11.6 Å². The molecule has 5 heteroatoms. The van der Waals surface area contributed by atoms with Crippen LogP contribution in [0.5, 0.6) is 0 Å². The molecule has 0 aliphatic carbocycles. The molecule has 3 nitrogen and oxygen atoms in total. The minimum Gasteiger partial charge on any atom is -0.383 e.